The number of imidazole rings is 1. The SMILES string of the molecule is Cc1ncnc2c1ccn2[C@@H]1C[C@@]2(CO[C@@H](c3ccn4c(Cl)cnc4c3)C2)[C@@H](O)[C@H]1O. The molecular weight excluding hydrogens is 418 g/mol. The average Bonchev–Trinajstić information content (AvgIpc) is 3.53. The number of ether oxygens (including phenoxy) is 1. The van der Waals surface area contributed by atoms with E-state index in [1.54, 1.807) is 10.6 Å². The van der Waals surface area contributed by atoms with Crippen LogP contribution < -0.4 is 0 Å². The highest BCUT2D eigenvalue weighted by Gasteiger charge is 2.57. The van der Waals surface area contributed by atoms with E-state index < -0.39 is 17.6 Å². The van der Waals surface area contributed by atoms with Crippen LogP contribution in [-0.4, -0.2) is 52.9 Å². The molecule has 160 valence electrons. The quantitative estimate of drug-likeness (QED) is 0.498. The molecule has 1 aliphatic heterocycles. The second kappa shape index (κ2) is 6.74. The molecule has 5 heterocycles. The Bertz CT molecular complexity index is 1300. The maximum absolute atomic E-state index is 11.1. The van der Waals surface area contributed by atoms with E-state index in [1.807, 2.05) is 42.1 Å². The van der Waals surface area contributed by atoms with E-state index in [2.05, 4.69) is 15.0 Å². The third kappa shape index (κ3) is 2.75. The number of nitrogens with zero attached hydrogens (tertiary/aromatic N) is 5. The Labute approximate surface area is 183 Å². The first-order valence-electron chi connectivity index (χ1n) is 10.4. The Morgan fingerprint density at radius 1 is 1.16 bits per heavy atom. The van der Waals surface area contributed by atoms with Crippen molar-refractivity contribution in [3.8, 4) is 0 Å². The summed E-state index contributed by atoms with van der Waals surface area (Å²) in [6, 6.07) is 5.62. The summed E-state index contributed by atoms with van der Waals surface area (Å²) in [5, 5.41) is 23.6. The van der Waals surface area contributed by atoms with E-state index in [4.69, 9.17) is 16.3 Å². The van der Waals surface area contributed by atoms with Crippen LogP contribution in [0.3, 0.4) is 0 Å². The topological polar surface area (TPSA) is 97.7 Å². The Balaban J connectivity index is 1.31. The predicted molar refractivity (Wildman–Crippen MR) is 114 cm³/mol. The van der Waals surface area contributed by atoms with E-state index in [1.165, 1.54) is 6.33 Å². The molecule has 1 saturated heterocycles. The third-order valence-electron chi connectivity index (χ3n) is 7.05. The monoisotopic (exact) mass is 439 g/mol. The van der Waals surface area contributed by atoms with Gasteiger partial charge in [0.2, 0.25) is 0 Å². The van der Waals surface area contributed by atoms with Gasteiger partial charge >= 0.3 is 0 Å². The van der Waals surface area contributed by atoms with E-state index in [-0.39, 0.29) is 12.1 Å². The Morgan fingerprint density at radius 3 is 2.90 bits per heavy atom. The first-order valence-corrected chi connectivity index (χ1v) is 10.7. The van der Waals surface area contributed by atoms with Crippen LogP contribution in [-0.2, 0) is 4.74 Å². The largest absolute Gasteiger partial charge is 0.390 e. The van der Waals surface area contributed by atoms with Gasteiger partial charge in [-0.05, 0) is 43.5 Å². The molecule has 2 aliphatic rings. The van der Waals surface area contributed by atoms with Crippen molar-refractivity contribution in [1.82, 2.24) is 23.9 Å². The highest BCUT2D eigenvalue weighted by Crippen LogP contribution is 2.54. The highest BCUT2D eigenvalue weighted by molar-refractivity contribution is 6.29. The number of aliphatic hydroxyl groups is 2. The highest BCUT2D eigenvalue weighted by atomic mass is 35.5. The molecule has 0 aromatic carbocycles. The summed E-state index contributed by atoms with van der Waals surface area (Å²) in [4.78, 5) is 13.0. The second-order valence-corrected chi connectivity index (χ2v) is 9.15. The lowest BCUT2D eigenvalue weighted by Gasteiger charge is -2.26. The Kier molecular flexibility index (Phi) is 4.17. The zero-order valence-electron chi connectivity index (χ0n) is 16.9. The van der Waals surface area contributed by atoms with Gasteiger partial charge < -0.3 is 19.5 Å². The summed E-state index contributed by atoms with van der Waals surface area (Å²) < 4.78 is 9.92. The van der Waals surface area contributed by atoms with Gasteiger partial charge in [0.25, 0.3) is 0 Å². The summed E-state index contributed by atoms with van der Waals surface area (Å²) in [6.45, 7) is 2.33. The van der Waals surface area contributed by atoms with Crippen molar-refractivity contribution in [3.63, 3.8) is 0 Å². The minimum Gasteiger partial charge on any atom is -0.390 e. The molecule has 0 unspecified atom stereocenters. The van der Waals surface area contributed by atoms with Gasteiger partial charge in [0.15, 0.2) is 0 Å². The van der Waals surface area contributed by atoms with E-state index >= 15 is 0 Å². The van der Waals surface area contributed by atoms with Gasteiger partial charge in [0, 0.05) is 23.2 Å². The molecule has 0 radical (unpaired) electrons. The van der Waals surface area contributed by atoms with Crippen molar-refractivity contribution in [2.75, 3.05) is 6.61 Å². The van der Waals surface area contributed by atoms with Crippen LogP contribution in [0.4, 0.5) is 0 Å². The summed E-state index contributed by atoms with van der Waals surface area (Å²) in [5.74, 6) is 0. The maximum atomic E-state index is 11.1. The molecule has 9 heteroatoms. The lowest BCUT2D eigenvalue weighted by molar-refractivity contribution is -0.0309. The van der Waals surface area contributed by atoms with E-state index in [9.17, 15) is 10.2 Å². The average molecular weight is 440 g/mol. The van der Waals surface area contributed by atoms with E-state index in [0.717, 1.165) is 27.9 Å². The number of aryl methyl sites for hydroxylation is 1. The molecule has 2 N–H and O–H groups in total. The van der Waals surface area contributed by atoms with Gasteiger partial charge in [-0.2, -0.15) is 0 Å². The Hall–Kier alpha value is -2.52. The van der Waals surface area contributed by atoms with Gasteiger partial charge in [-0.25, -0.2) is 15.0 Å². The predicted octanol–water partition coefficient (Wildman–Crippen LogP) is 2.86. The smallest absolute Gasteiger partial charge is 0.143 e. The minimum atomic E-state index is -0.901. The number of hydrogen-bond donors (Lipinski definition) is 2. The Morgan fingerprint density at radius 2 is 2.03 bits per heavy atom. The van der Waals surface area contributed by atoms with Crippen LogP contribution in [0.2, 0.25) is 5.15 Å². The van der Waals surface area contributed by atoms with Crippen LogP contribution in [0.25, 0.3) is 16.7 Å². The van der Waals surface area contributed by atoms with Crippen LogP contribution in [0.15, 0.2) is 43.1 Å². The van der Waals surface area contributed by atoms with Crippen molar-refractivity contribution < 1.29 is 14.9 Å². The summed E-state index contributed by atoms with van der Waals surface area (Å²) in [6.07, 6.45) is 6.23. The van der Waals surface area contributed by atoms with E-state index in [0.29, 0.717) is 24.6 Å². The third-order valence-corrected chi connectivity index (χ3v) is 7.33. The molecule has 0 bridgehead atoms. The number of fused-ring (bicyclic) bond motifs is 2. The molecule has 2 fully saturated rings. The van der Waals surface area contributed by atoms with Crippen molar-refractivity contribution >= 4 is 28.3 Å². The first kappa shape index (κ1) is 19.2. The molecule has 8 nitrogen and oxygen atoms in total. The van der Waals surface area contributed by atoms with Gasteiger partial charge in [0.05, 0.1) is 36.7 Å². The van der Waals surface area contributed by atoms with Crippen LogP contribution in [0.1, 0.15) is 36.2 Å². The normalized spacial score (nSPS) is 30.8. The minimum absolute atomic E-state index is 0.174. The van der Waals surface area contributed by atoms with Gasteiger partial charge in [-0.3, -0.25) is 4.40 Å². The van der Waals surface area contributed by atoms with Crippen LogP contribution in [0.5, 0.6) is 0 Å². The van der Waals surface area contributed by atoms with Crippen LogP contribution >= 0.6 is 11.6 Å². The summed E-state index contributed by atoms with van der Waals surface area (Å²) >= 11 is 6.13. The number of rotatable bonds is 2. The molecule has 5 atom stereocenters. The standard InChI is InChI=1S/C22H22ClN5O3/c1-12-14-3-5-27(21(14)26-11-25-12)15-7-22(20(30)19(15)29)8-16(31-10-22)13-2-4-28-17(23)9-24-18(28)6-13/h2-6,9,11,15-16,19-20,29-30H,7-8,10H2,1H3/t15-,16-,19+,20+,22-/m1/s1. The molecule has 0 amide bonds. The van der Waals surface area contributed by atoms with Crippen LogP contribution in [0, 0.1) is 12.3 Å². The van der Waals surface area contributed by atoms with Gasteiger partial charge in [-0.15, -0.1) is 0 Å². The van der Waals surface area contributed by atoms with Crippen molar-refractivity contribution in [2.45, 2.75) is 44.1 Å². The molecular formula is C22H22ClN5O3. The molecule has 4 aromatic rings. The fraction of sp³-hybridized carbons (Fsp3) is 0.409. The van der Waals surface area contributed by atoms with Gasteiger partial charge in [0.1, 0.15) is 28.9 Å². The zero-order valence-corrected chi connectivity index (χ0v) is 17.6. The zero-order chi connectivity index (χ0) is 21.3. The number of aliphatic hydroxyl groups excluding tert-OH is 2. The fourth-order valence-corrected chi connectivity index (χ4v) is 5.53. The fourth-order valence-electron chi connectivity index (χ4n) is 5.34. The van der Waals surface area contributed by atoms with Gasteiger partial charge in [-0.1, -0.05) is 11.6 Å². The maximum Gasteiger partial charge on any atom is 0.143 e. The molecule has 31 heavy (non-hydrogen) atoms. The molecule has 6 rings (SSSR count). The first-order chi connectivity index (χ1) is 15.0. The summed E-state index contributed by atoms with van der Waals surface area (Å²) in [5.41, 5.74) is 2.90. The number of halogens is 1. The number of hydrogen-bond acceptors (Lipinski definition) is 6. The molecule has 1 spiro atoms. The van der Waals surface area contributed by atoms with Crippen molar-refractivity contribution in [2.24, 2.45) is 5.41 Å². The molecule has 1 saturated carbocycles. The molecule has 1 aliphatic carbocycles. The number of aromatic nitrogens is 5. The van der Waals surface area contributed by atoms with Crippen molar-refractivity contribution in [1.29, 1.82) is 0 Å². The molecule has 4 aromatic heterocycles. The number of pyridine rings is 1. The summed E-state index contributed by atoms with van der Waals surface area (Å²) in [7, 11) is 0. The lowest BCUT2D eigenvalue weighted by atomic mass is 9.80. The lowest BCUT2D eigenvalue weighted by Crippen LogP contribution is -2.37. The second-order valence-electron chi connectivity index (χ2n) is 8.76. The van der Waals surface area contributed by atoms with Crippen molar-refractivity contribution in [3.05, 3.63) is 59.5 Å².